The Bertz CT molecular complexity index is 207. The first-order chi connectivity index (χ1) is 6.10. The van der Waals surface area contributed by atoms with E-state index in [1.807, 2.05) is 13.0 Å². The summed E-state index contributed by atoms with van der Waals surface area (Å²) < 4.78 is 0. The van der Waals surface area contributed by atoms with Gasteiger partial charge in [-0.3, -0.25) is 4.79 Å². The second-order valence-corrected chi connectivity index (χ2v) is 1.59. The highest BCUT2D eigenvalue weighted by molar-refractivity contribution is 5.85. The molecule has 0 saturated heterocycles. The lowest BCUT2D eigenvalue weighted by atomic mass is 10.5. The lowest BCUT2D eigenvalue weighted by molar-refractivity contribution is -0.136. The summed E-state index contributed by atoms with van der Waals surface area (Å²) >= 11 is 0. The second-order valence-electron chi connectivity index (χ2n) is 1.59. The highest BCUT2D eigenvalue weighted by atomic mass is 35.5. The fraction of sp³-hybridized carbons (Fsp3) is 0.500. The fourth-order valence-corrected chi connectivity index (χ4v) is 0. The number of carboxylic acid groups (broad SMARTS) is 1. The molecule has 0 atom stereocenters. The number of nitriles is 2. The summed E-state index contributed by atoms with van der Waals surface area (Å²) in [6.07, 6.45) is 2.03. The molecule has 0 aromatic rings. The van der Waals surface area contributed by atoms with Crippen molar-refractivity contribution in [1.29, 1.82) is 10.5 Å². The molecule has 0 bridgehead atoms. The Labute approximate surface area is 104 Å². The molecule has 0 aromatic carbocycles. The van der Waals surface area contributed by atoms with Gasteiger partial charge in [0, 0.05) is 18.9 Å². The van der Waals surface area contributed by atoms with Crippen molar-refractivity contribution < 1.29 is 15.4 Å². The van der Waals surface area contributed by atoms with Crippen molar-refractivity contribution in [2.45, 2.75) is 34.1 Å². The highest BCUT2D eigenvalue weighted by Crippen LogP contribution is 1.67. The van der Waals surface area contributed by atoms with Crippen LogP contribution in [0.3, 0.4) is 0 Å². The maximum Gasteiger partial charge on any atom is 0.303 e. The Balaban J connectivity index is -0.0000000216. The Morgan fingerprint density at radius 3 is 1.62 bits per heavy atom. The predicted octanol–water partition coefficient (Wildman–Crippen LogP) is 2.23. The monoisotopic (exact) mass is 253 g/mol. The van der Waals surface area contributed by atoms with Gasteiger partial charge in [-0.2, -0.15) is 10.5 Å². The Hall–Kier alpha value is -1.56. The molecule has 0 aliphatic heterocycles. The van der Waals surface area contributed by atoms with Crippen molar-refractivity contribution in [2.24, 2.45) is 0 Å². The summed E-state index contributed by atoms with van der Waals surface area (Å²) in [5, 5.41) is 22.9. The highest BCUT2D eigenvalue weighted by Gasteiger charge is 1.80. The lowest BCUT2D eigenvalue weighted by Gasteiger charge is -1.71. The van der Waals surface area contributed by atoms with Crippen molar-refractivity contribution in [2.75, 3.05) is 0 Å². The zero-order chi connectivity index (χ0) is 11.1. The molecular formula is C10H22ClN2O3+. The van der Waals surface area contributed by atoms with Gasteiger partial charge < -0.3 is 10.6 Å². The van der Waals surface area contributed by atoms with E-state index in [-0.39, 0.29) is 31.7 Å². The summed E-state index contributed by atoms with van der Waals surface area (Å²) in [5.74, 6) is -0.745. The quantitative estimate of drug-likeness (QED) is 0.569. The molecule has 0 aliphatic carbocycles. The summed E-state index contributed by atoms with van der Waals surface area (Å²) in [6.45, 7) is 6.54. The molecule has 0 unspecified atom stereocenters. The number of nitrogens with zero attached hydrogens (tertiary/aromatic N) is 2. The molecule has 0 aromatic heterocycles. The van der Waals surface area contributed by atoms with E-state index in [1.165, 1.54) is 6.08 Å². The van der Waals surface area contributed by atoms with Crippen LogP contribution in [0.1, 0.15) is 34.1 Å². The predicted molar refractivity (Wildman–Crippen MR) is 68.5 cm³/mol. The number of carbonyl (C=O) groups is 1. The van der Waals surface area contributed by atoms with Crippen molar-refractivity contribution in [1.82, 2.24) is 0 Å². The van der Waals surface area contributed by atoms with Gasteiger partial charge in [-0.15, -0.1) is 12.4 Å². The molecular weight excluding hydrogens is 232 g/mol. The fourth-order valence-electron chi connectivity index (χ4n) is 0. The third-order valence-electron chi connectivity index (χ3n) is 0.552. The summed E-state index contributed by atoms with van der Waals surface area (Å²) in [7, 11) is 0. The number of halogens is 1. The average molecular weight is 254 g/mol. The van der Waals surface area contributed by atoms with Crippen LogP contribution in [0, 0.1) is 22.7 Å². The van der Waals surface area contributed by atoms with Gasteiger partial charge in [-0.1, -0.05) is 27.9 Å². The zero-order valence-corrected chi connectivity index (χ0v) is 9.75. The SMILES string of the molecule is C.C=CC#N.CCC#N.CCC(=O)O.Cl.[OH3+]. The van der Waals surface area contributed by atoms with Gasteiger partial charge in [0.15, 0.2) is 0 Å². The summed E-state index contributed by atoms with van der Waals surface area (Å²) in [5.41, 5.74) is 0. The molecule has 6 heteroatoms. The van der Waals surface area contributed by atoms with Crippen LogP contribution in [0.25, 0.3) is 0 Å². The molecule has 96 valence electrons. The van der Waals surface area contributed by atoms with E-state index in [1.54, 1.807) is 13.0 Å². The van der Waals surface area contributed by atoms with E-state index in [2.05, 4.69) is 6.58 Å². The average Bonchev–Trinajstić information content (AvgIpc) is 2.18. The standard InChI is InChI=1S/C3H5N.C3H3N.C3H6O2.CH4.ClH.H2O/c2*1-2-3-4;1-2-3(4)5;;;/h2H2,1H3;2H,1H2;2H2,1H3,(H,4,5);1H4;1H;1H2/p+1. The van der Waals surface area contributed by atoms with E-state index in [0.717, 1.165) is 0 Å². The van der Waals surface area contributed by atoms with Gasteiger partial charge in [-0.25, -0.2) is 0 Å². The Morgan fingerprint density at radius 1 is 1.44 bits per heavy atom. The molecule has 0 aliphatic rings. The molecule has 0 amide bonds. The van der Waals surface area contributed by atoms with Gasteiger partial charge in [0.25, 0.3) is 0 Å². The van der Waals surface area contributed by atoms with E-state index in [4.69, 9.17) is 15.6 Å². The number of aliphatic carboxylic acids is 1. The molecule has 0 heterocycles. The topological polar surface area (TPSA) is 118 Å². The summed E-state index contributed by atoms with van der Waals surface area (Å²) in [6, 6.07) is 3.62. The van der Waals surface area contributed by atoms with Crippen LogP contribution in [-0.2, 0) is 10.3 Å². The van der Waals surface area contributed by atoms with Gasteiger partial charge in [0.05, 0.1) is 12.1 Å². The van der Waals surface area contributed by atoms with Crippen LogP contribution >= 0.6 is 12.4 Å². The van der Waals surface area contributed by atoms with Crippen LogP contribution in [0.5, 0.6) is 0 Å². The molecule has 0 saturated carbocycles. The Kier molecular flexibility index (Phi) is 115. The van der Waals surface area contributed by atoms with E-state index < -0.39 is 5.97 Å². The van der Waals surface area contributed by atoms with E-state index in [0.29, 0.717) is 6.42 Å². The first kappa shape index (κ1) is 36.6. The molecule has 4 N–H and O–H groups in total. The molecule has 5 nitrogen and oxygen atoms in total. The van der Waals surface area contributed by atoms with Crippen molar-refractivity contribution in [3.05, 3.63) is 12.7 Å². The minimum absolute atomic E-state index is 0. The van der Waals surface area contributed by atoms with Crippen LogP contribution in [0.2, 0.25) is 0 Å². The summed E-state index contributed by atoms with van der Waals surface area (Å²) in [4.78, 5) is 9.37. The lowest BCUT2D eigenvalue weighted by Crippen LogP contribution is -1.86. The number of carboxylic acids is 1. The second kappa shape index (κ2) is 50.1. The van der Waals surface area contributed by atoms with Gasteiger partial charge in [-0.05, 0) is 0 Å². The van der Waals surface area contributed by atoms with E-state index >= 15 is 0 Å². The van der Waals surface area contributed by atoms with Crippen LogP contribution < -0.4 is 0 Å². The zero-order valence-electron chi connectivity index (χ0n) is 8.93. The first-order valence-corrected chi connectivity index (χ1v) is 3.69. The molecule has 16 heavy (non-hydrogen) atoms. The van der Waals surface area contributed by atoms with Gasteiger partial charge in [0.1, 0.15) is 0 Å². The van der Waals surface area contributed by atoms with Crippen molar-refractivity contribution >= 4 is 18.4 Å². The minimum atomic E-state index is -0.745. The largest absolute Gasteiger partial charge is 0.481 e. The van der Waals surface area contributed by atoms with E-state index in [9.17, 15) is 4.79 Å². The van der Waals surface area contributed by atoms with Crippen LogP contribution in [0.4, 0.5) is 0 Å². The van der Waals surface area contributed by atoms with Crippen molar-refractivity contribution in [3.8, 4) is 12.1 Å². The maximum absolute atomic E-state index is 9.37. The maximum atomic E-state index is 9.37. The number of hydrogen-bond acceptors (Lipinski definition) is 3. The smallest absolute Gasteiger partial charge is 0.303 e. The molecule has 0 fully saturated rings. The first-order valence-electron chi connectivity index (χ1n) is 3.69. The Morgan fingerprint density at radius 2 is 1.62 bits per heavy atom. The van der Waals surface area contributed by atoms with Crippen LogP contribution in [0.15, 0.2) is 12.7 Å². The molecule has 0 radical (unpaired) electrons. The van der Waals surface area contributed by atoms with Gasteiger partial charge in [0.2, 0.25) is 0 Å². The third kappa shape index (κ3) is 273. The van der Waals surface area contributed by atoms with Gasteiger partial charge >= 0.3 is 5.97 Å². The molecule has 0 spiro atoms. The number of hydrogen-bond donors (Lipinski definition) is 1. The molecule has 0 rings (SSSR count). The van der Waals surface area contributed by atoms with Crippen LogP contribution in [-0.4, -0.2) is 11.1 Å². The minimum Gasteiger partial charge on any atom is -0.481 e. The normalized spacial score (nSPS) is 4.50. The number of rotatable bonds is 1. The van der Waals surface area contributed by atoms with Crippen molar-refractivity contribution in [3.63, 3.8) is 0 Å². The number of allylic oxidation sites excluding steroid dienone is 1. The third-order valence-corrected chi connectivity index (χ3v) is 0.552.